The van der Waals surface area contributed by atoms with Crippen LogP contribution in [-0.4, -0.2) is 34.8 Å². The minimum Gasteiger partial charge on any atom is -0.471 e. The minimum atomic E-state index is -4.25. The summed E-state index contributed by atoms with van der Waals surface area (Å²) < 4.78 is 53.9. The van der Waals surface area contributed by atoms with Crippen LogP contribution in [0.25, 0.3) is 0 Å². The van der Waals surface area contributed by atoms with Gasteiger partial charge in [0.1, 0.15) is 4.88 Å². The third-order valence-corrected chi connectivity index (χ3v) is 3.61. The number of aryl methyl sites for hydroxylation is 1. The van der Waals surface area contributed by atoms with Gasteiger partial charge in [-0.3, -0.25) is 4.79 Å². The van der Waals surface area contributed by atoms with Crippen molar-refractivity contribution in [3.8, 4) is 5.88 Å². The van der Waals surface area contributed by atoms with Gasteiger partial charge in [-0.1, -0.05) is 0 Å². The van der Waals surface area contributed by atoms with Gasteiger partial charge in [-0.25, -0.2) is 18.7 Å². The average Bonchev–Trinajstić information content (AvgIpc) is 2.92. The number of hydrogen-bond acceptors (Lipinski definition) is 5. The summed E-state index contributed by atoms with van der Waals surface area (Å²) in [6.45, 7) is 0.202. The van der Waals surface area contributed by atoms with Gasteiger partial charge in [-0.05, 0) is 13.0 Å². The maximum Gasteiger partial charge on any atom is 0.340 e. The minimum absolute atomic E-state index is 0.253. The van der Waals surface area contributed by atoms with Crippen molar-refractivity contribution in [1.82, 2.24) is 9.97 Å². The van der Waals surface area contributed by atoms with Gasteiger partial charge in [-0.15, -0.1) is 11.3 Å². The molecule has 124 valence electrons. The number of thiazole rings is 1. The molecule has 0 saturated heterocycles. The van der Waals surface area contributed by atoms with Crippen molar-refractivity contribution in [2.24, 2.45) is 0 Å². The van der Waals surface area contributed by atoms with E-state index in [0.29, 0.717) is 16.3 Å². The van der Waals surface area contributed by atoms with E-state index in [-0.39, 0.29) is 11.8 Å². The molecular formula is C13H11F4N3O2S. The summed E-state index contributed by atoms with van der Waals surface area (Å²) in [4.78, 5) is 20.0. The van der Waals surface area contributed by atoms with Crippen molar-refractivity contribution >= 4 is 22.9 Å². The molecule has 0 radical (unpaired) electrons. The molecule has 0 fully saturated rings. The lowest BCUT2D eigenvalue weighted by Gasteiger charge is -2.15. The molecule has 0 unspecified atom stereocenters. The summed E-state index contributed by atoms with van der Waals surface area (Å²) in [7, 11) is 0. The van der Waals surface area contributed by atoms with Crippen LogP contribution in [0.2, 0.25) is 0 Å². The number of nitrogens with one attached hydrogen (secondary N) is 1. The molecule has 10 heteroatoms. The molecule has 0 bridgehead atoms. The van der Waals surface area contributed by atoms with E-state index < -0.39 is 19.0 Å². The third kappa shape index (κ3) is 4.38. The Balaban J connectivity index is 1.95. The molecule has 0 aliphatic heterocycles. The molecule has 1 amide bonds. The highest BCUT2D eigenvalue weighted by molar-refractivity contribution is 7.12. The number of hydrogen-bond donors (Lipinski definition) is 1. The summed E-state index contributed by atoms with van der Waals surface area (Å²) in [6, 6.07) is 2.55. The number of pyridine rings is 1. The second-order valence-electron chi connectivity index (χ2n) is 4.46. The lowest BCUT2D eigenvalue weighted by atomic mass is 10.3. The van der Waals surface area contributed by atoms with Crippen LogP contribution in [0.3, 0.4) is 0 Å². The van der Waals surface area contributed by atoms with Crippen molar-refractivity contribution in [3.05, 3.63) is 34.4 Å². The number of amides is 1. The fraction of sp³-hybridized carbons (Fsp3) is 0.308. The molecule has 0 spiro atoms. The SMILES string of the molecule is Cc1ncsc1C(=O)Nc1ccc(OCC(F)(F)C(F)F)nc1. The molecule has 0 atom stereocenters. The first-order valence-electron chi connectivity index (χ1n) is 6.26. The number of halogens is 4. The van der Waals surface area contributed by atoms with Gasteiger partial charge >= 0.3 is 12.3 Å². The summed E-state index contributed by atoms with van der Waals surface area (Å²) in [6.07, 6.45) is -2.65. The van der Waals surface area contributed by atoms with Crippen molar-refractivity contribution in [3.63, 3.8) is 0 Å². The highest BCUT2D eigenvalue weighted by Crippen LogP contribution is 2.24. The Morgan fingerprint density at radius 1 is 1.39 bits per heavy atom. The Labute approximate surface area is 132 Å². The predicted octanol–water partition coefficient (Wildman–Crippen LogP) is 3.38. The number of alkyl halides is 4. The van der Waals surface area contributed by atoms with Gasteiger partial charge in [0.15, 0.2) is 6.61 Å². The van der Waals surface area contributed by atoms with Crippen LogP contribution in [-0.2, 0) is 0 Å². The lowest BCUT2D eigenvalue weighted by molar-refractivity contribution is -0.148. The zero-order valence-electron chi connectivity index (χ0n) is 11.7. The molecule has 0 saturated carbocycles. The van der Waals surface area contributed by atoms with E-state index in [2.05, 4.69) is 20.0 Å². The Kier molecular flexibility index (Phi) is 5.14. The number of anilines is 1. The van der Waals surface area contributed by atoms with Crippen molar-refractivity contribution in [1.29, 1.82) is 0 Å². The Morgan fingerprint density at radius 2 is 2.13 bits per heavy atom. The highest BCUT2D eigenvalue weighted by atomic mass is 32.1. The second-order valence-corrected chi connectivity index (χ2v) is 5.31. The number of carbonyl (C=O) groups excluding carboxylic acids is 1. The Morgan fingerprint density at radius 3 is 2.65 bits per heavy atom. The topological polar surface area (TPSA) is 64.1 Å². The first-order valence-corrected chi connectivity index (χ1v) is 7.14. The third-order valence-electron chi connectivity index (χ3n) is 2.68. The molecule has 2 aromatic heterocycles. The summed E-state index contributed by atoms with van der Waals surface area (Å²) in [5, 5.41) is 2.55. The van der Waals surface area contributed by atoms with Gasteiger partial charge in [0.25, 0.3) is 5.91 Å². The molecule has 2 rings (SSSR count). The van der Waals surface area contributed by atoms with E-state index in [1.165, 1.54) is 35.2 Å². The average molecular weight is 349 g/mol. The van der Waals surface area contributed by atoms with Crippen LogP contribution in [0.4, 0.5) is 23.2 Å². The lowest BCUT2D eigenvalue weighted by Crippen LogP contribution is -2.33. The molecule has 1 N–H and O–H groups in total. The predicted molar refractivity (Wildman–Crippen MR) is 75.5 cm³/mol. The quantitative estimate of drug-likeness (QED) is 0.812. The summed E-state index contributed by atoms with van der Waals surface area (Å²) in [5.41, 5.74) is 2.41. The number of aromatic nitrogens is 2. The van der Waals surface area contributed by atoms with Gasteiger partial charge in [0.05, 0.1) is 23.1 Å². The van der Waals surface area contributed by atoms with E-state index >= 15 is 0 Å². The zero-order chi connectivity index (χ0) is 17.0. The van der Waals surface area contributed by atoms with Crippen LogP contribution in [0.1, 0.15) is 15.4 Å². The Bertz CT molecular complexity index is 676. The number of rotatable bonds is 6. The Hall–Kier alpha value is -2.23. The van der Waals surface area contributed by atoms with Crippen molar-refractivity contribution in [2.75, 3.05) is 11.9 Å². The fourth-order valence-corrected chi connectivity index (χ4v) is 2.18. The monoisotopic (exact) mass is 349 g/mol. The van der Waals surface area contributed by atoms with E-state index in [1.807, 2.05) is 0 Å². The molecular weight excluding hydrogens is 338 g/mol. The first-order chi connectivity index (χ1) is 10.8. The van der Waals surface area contributed by atoms with Crippen molar-refractivity contribution < 1.29 is 27.1 Å². The highest BCUT2D eigenvalue weighted by Gasteiger charge is 2.41. The van der Waals surface area contributed by atoms with E-state index in [4.69, 9.17) is 0 Å². The van der Waals surface area contributed by atoms with E-state index in [1.54, 1.807) is 6.92 Å². The van der Waals surface area contributed by atoms with E-state index in [0.717, 1.165) is 0 Å². The van der Waals surface area contributed by atoms with Gasteiger partial charge in [-0.2, -0.15) is 8.78 Å². The standard InChI is InChI=1S/C13H11F4N3O2S/c1-7-10(23-6-19-7)11(21)20-8-2-3-9(18-4-8)22-5-13(16,17)12(14)15/h2-4,6,12H,5H2,1H3,(H,20,21). The summed E-state index contributed by atoms with van der Waals surface area (Å²) >= 11 is 1.17. The van der Waals surface area contributed by atoms with Crippen LogP contribution < -0.4 is 10.1 Å². The normalized spacial score (nSPS) is 11.6. The number of carbonyl (C=O) groups is 1. The molecule has 5 nitrogen and oxygen atoms in total. The molecule has 0 aliphatic rings. The number of nitrogens with zero attached hydrogens (tertiary/aromatic N) is 2. The van der Waals surface area contributed by atoms with Gasteiger partial charge < -0.3 is 10.1 Å². The maximum absolute atomic E-state index is 12.7. The van der Waals surface area contributed by atoms with Crippen molar-refractivity contribution in [2.45, 2.75) is 19.3 Å². The van der Waals surface area contributed by atoms with Crippen LogP contribution >= 0.6 is 11.3 Å². The molecule has 0 aliphatic carbocycles. The fourth-order valence-electron chi connectivity index (χ4n) is 1.48. The second kappa shape index (κ2) is 6.90. The van der Waals surface area contributed by atoms with Crippen LogP contribution in [0, 0.1) is 6.92 Å². The molecule has 2 aromatic rings. The van der Waals surface area contributed by atoms with E-state index in [9.17, 15) is 22.4 Å². The molecule has 2 heterocycles. The summed E-state index contributed by atoms with van der Waals surface area (Å²) in [5.74, 6) is -4.89. The molecule has 23 heavy (non-hydrogen) atoms. The number of ether oxygens (including phenoxy) is 1. The molecule has 0 aromatic carbocycles. The zero-order valence-corrected chi connectivity index (χ0v) is 12.5. The smallest absolute Gasteiger partial charge is 0.340 e. The van der Waals surface area contributed by atoms with Gasteiger partial charge in [0.2, 0.25) is 5.88 Å². The first kappa shape index (κ1) is 17.1. The van der Waals surface area contributed by atoms with Crippen LogP contribution in [0.15, 0.2) is 23.8 Å². The largest absolute Gasteiger partial charge is 0.471 e. The van der Waals surface area contributed by atoms with Crippen LogP contribution in [0.5, 0.6) is 5.88 Å². The maximum atomic E-state index is 12.7. The van der Waals surface area contributed by atoms with Gasteiger partial charge in [0, 0.05) is 6.07 Å².